The Morgan fingerprint density at radius 3 is 2.85 bits per heavy atom. The molecule has 0 aromatic carbocycles. The van der Waals surface area contributed by atoms with E-state index in [1.165, 1.54) is 6.33 Å². The fourth-order valence-electron chi connectivity index (χ4n) is 2.32. The van der Waals surface area contributed by atoms with Gasteiger partial charge in [0.25, 0.3) is 0 Å². The van der Waals surface area contributed by atoms with Gasteiger partial charge < -0.3 is 9.64 Å². The summed E-state index contributed by atoms with van der Waals surface area (Å²) in [5.74, 6) is 0.112. The van der Waals surface area contributed by atoms with Gasteiger partial charge in [-0.05, 0) is 17.4 Å². The highest BCUT2D eigenvalue weighted by atomic mass is 16.5. The maximum Gasteiger partial charge on any atom is 0.224 e. The van der Waals surface area contributed by atoms with E-state index in [9.17, 15) is 4.79 Å². The molecule has 8 heteroatoms. The van der Waals surface area contributed by atoms with Gasteiger partial charge in [-0.25, -0.2) is 4.68 Å². The Labute approximate surface area is 118 Å². The van der Waals surface area contributed by atoms with Gasteiger partial charge in [-0.3, -0.25) is 9.69 Å². The lowest BCUT2D eigenvalue weighted by Gasteiger charge is -2.34. The van der Waals surface area contributed by atoms with Crippen LogP contribution >= 0.6 is 0 Å². The van der Waals surface area contributed by atoms with E-state index in [1.54, 1.807) is 9.58 Å². The van der Waals surface area contributed by atoms with E-state index in [0.29, 0.717) is 19.0 Å². The molecule has 1 aromatic heterocycles. The van der Waals surface area contributed by atoms with Crippen LogP contribution < -0.4 is 0 Å². The molecule has 0 bridgehead atoms. The molecule has 20 heavy (non-hydrogen) atoms. The van der Waals surface area contributed by atoms with Crippen molar-refractivity contribution >= 4 is 5.91 Å². The summed E-state index contributed by atoms with van der Waals surface area (Å²) in [5.41, 5.74) is 0. The predicted molar refractivity (Wildman–Crippen MR) is 71.9 cm³/mol. The van der Waals surface area contributed by atoms with Crippen LogP contribution in [0.5, 0.6) is 0 Å². The van der Waals surface area contributed by atoms with Crippen LogP contribution in [-0.4, -0.2) is 81.9 Å². The summed E-state index contributed by atoms with van der Waals surface area (Å²) in [4.78, 5) is 16.2. The van der Waals surface area contributed by atoms with E-state index in [0.717, 1.165) is 32.8 Å². The SMILES string of the molecule is CC(CN(C)C(=O)CCn1cnnn1)N1CCOCC1. The number of hydrogen-bond donors (Lipinski definition) is 0. The summed E-state index contributed by atoms with van der Waals surface area (Å²) in [6.45, 7) is 6.83. The number of carbonyl (C=O) groups is 1. The van der Waals surface area contributed by atoms with E-state index in [-0.39, 0.29) is 5.91 Å². The molecule has 0 aliphatic carbocycles. The molecule has 0 N–H and O–H groups in total. The van der Waals surface area contributed by atoms with Crippen molar-refractivity contribution < 1.29 is 9.53 Å². The maximum absolute atomic E-state index is 12.1. The molecule has 1 atom stereocenters. The van der Waals surface area contributed by atoms with Crippen molar-refractivity contribution in [2.24, 2.45) is 0 Å². The van der Waals surface area contributed by atoms with E-state index in [1.807, 2.05) is 7.05 Å². The second-order valence-electron chi connectivity index (χ2n) is 5.09. The molecule has 2 heterocycles. The van der Waals surface area contributed by atoms with Crippen LogP contribution in [0.4, 0.5) is 0 Å². The second kappa shape index (κ2) is 7.30. The standard InChI is InChI=1S/C12H22N6O2/c1-11(17-5-7-20-8-6-17)9-16(2)12(19)3-4-18-10-13-14-15-18/h10-11H,3-9H2,1-2H3. The number of likely N-dealkylation sites (N-methyl/N-ethyl adjacent to an activating group) is 1. The number of aryl methyl sites for hydroxylation is 1. The first-order valence-electron chi connectivity index (χ1n) is 6.93. The fraction of sp³-hybridized carbons (Fsp3) is 0.833. The van der Waals surface area contributed by atoms with Crippen LogP contribution in [-0.2, 0) is 16.1 Å². The van der Waals surface area contributed by atoms with Gasteiger partial charge in [-0.1, -0.05) is 0 Å². The van der Waals surface area contributed by atoms with Gasteiger partial charge in [0.1, 0.15) is 6.33 Å². The largest absolute Gasteiger partial charge is 0.379 e. The van der Waals surface area contributed by atoms with E-state index in [2.05, 4.69) is 27.3 Å². The number of morpholine rings is 1. The smallest absolute Gasteiger partial charge is 0.224 e. The molecule has 1 aromatic rings. The summed E-state index contributed by atoms with van der Waals surface area (Å²) in [7, 11) is 1.85. The Balaban J connectivity index is 1.72. The van der Waals surface area contributed by atoms with Crippen LogP contribution in [0.3, 0.4) is 0 Å². The van der Waals surface area contributed by atoms with Crippen molar-refractivity contribution in [2.75, 3.05) is 39.9 Å². The van der Waals surface area contributed by atoms with Crippen LogP contribution in [0.25, 0.3) is 0 Å². The van der Waals surface area contributed by atoms with Gasteiger partial charge in [-0.15, -0.1) is 5.10 Å². The minimum Gasteiger partial charge on any atom is -0.379 e. The topological polar surface area (TPSA) is 76.4 Å². The minimum absolute atomic E-state index is 0.112. The molecular weight excluding hydrogens is 260 g/mol. The average Bonchev–Trinajstić information content (AvgIpc) is 2.98. The zero-order valence-corrected chi connectivity index (χ0v) is 12.1. The molecule has 0 radical (unpaired) electrons. The zero-order valence-electron chi connectivity index (χ0n) is 12.1. The maximum atomic E-state index is 12.1. The van der Waals surface area contributed by atoms with Crippen LogP contribution in [0, 0.1) is 0 Å². The van der Waals surface area contributed by atoms with Crippen molar-refractivity contribution in [3.05, 3.63) is 6.33 Å². The number of hydrogen-bond acceptors (Lipinski definition) is 6. The summed E-state index contributed by atoms with van der Waals surface area (Å²) in [6.07, 6.45) is 1.93. The highest BCUT2D eigenvalue weighted by Crippen LogP contribution is 2.06. The molecule has 112 valence electrons. The molecule has 1 amide bonds. The van der Waals surface area contributed by atoms with Crippen molar-refractivity contribution in [3.63, 3.8) is 0 Å². The summed E-state index contributed by atoms with van der Waals surface area (Å²) >= 11 is 0. The van der Waals surface area contributed by atoms with Gasteiger partial charge in [-0.2, -0.15) is 0 Å². The lowest BCUT2D eigenvalue weighted by molar-refractivity contribution is -0.131. The van der Waals surface area contributed by atoms with Gasteiger partial charge in [0.15, 0.2) is 0 Å². The lowest BCUT2D eigenvalue weighted by atomic mass is 10.2. The van der Waals surface area contributed by atoms with Gasteiger partial charge in [0.2, 0.25) is 5.91 Å². The summed E-state index contributed by atoms with van der Waals surface area (Å²) < 4.78 is 6.91. The fourth-order valence-corrected chi connectivity index (χ4v) is 2.32. The quantitative estimate of drug-likeness (QED) is 0.683. The first-order valence-corrected chi connectivity index (χ1v) is 6.93. The van der Waals surface area contributed by atoms with Crippen LogP contribution in [0.1, 0.15) is 13.3 Å². The Hall–Kier alpha value is -1.54. The Kier molecular flexibility index (Phi) is 5.42. The third kappa shape index (κ3) is 4.24. The van der Waals surface area contributed by atoms with E-state index < -0.39 is 0 Å². The highest BCUT2D eigenvalue weighted by molar-refractivity contribution is 5.75. The molecule has 1 saturated heterocycles. The first kappa shape index (κ1) is 14.9. The average molecular weight is 282 g/mol. The number of carbonyl (C=O) groups excluding carboxylic acids is 1. The zero-order chi connectivity index (χ0) is 14.4. The number of nitrogens with zero attached hydrogens (tertiary/aromatic N) is 6. The molecule has 1 fully saturated rings. The second-order valence-corrected chi connectivity index (χ2v) is 5.09. The third-order valence-electron chi connectivity index (χ3n) is 3.58. The van der Waals surface area contributed by atoms with Gasteiger partial charge in [0.05, 0.1) is 19.8 Å². The first-order chi connectivity index (χ1) is 9.66. The number of amides is 1. The molecular formula is C12H22N6O2. The molecule has 0 spiro atoms. The van der Waals surface area contributed by atoms with Crippen molar-refractivity contribution in [2.45, 2.75) is 25.9 Å². The lowest BCUT2D eigenvalue weighted by Crippen LogP contribution is -2.47. The number of tetrazole rings is 1. The molecule has 1 aliphatic rings. The van der Waals surface area contributed by atoms with Crippen LogP contribution in [0.2, 0.25) is 0 Å². The van der Waals surface area contributed by atoms with Crippen LogP contribution in [0.15, 0.2) is 6.33 Å². The van der Waals surface area contributed by atoms with Gasteiger partial charge >= 0.3 is 0 Å². The third-order valence-corrected chi connectivity index (χ3v) is 3.58. The van der Waals surface area contributed by atoms with Gasteiger partial charge in [0, 0.05) is 39.1 Å². The van der Waals surface area contributed by atoms with Crippen molar-refractivity contribution in [1.82, 2.24) is 30.0 Å². The minimum atomic E-state index is 0.112. The summed E-state index contributed by atoms with van der Waals surface area (Å²) in [6, 6.07) is 0.348. The van der Waals surface area contributed by atoms with E-state index >= 15 is 0 Å². The summed E-state index contributed by atoms with van der Waals surface area (Å²) in [5, 5.41) is 10.8. The molecule has 0 saturated carbocycles. The number of rotatable bonds is 6. The molecule has 2 rings (SSSR count). The molecule has 1 unspecified atom stereocenters. The molecule has 8 nitrogen and oxygen atoms in total. The van der Waals surface area contributed by atoms with Crippen molar-refractivity contribution in [3.8, 4) is 0 Å². The molecule has 1 aliphatic heterocycles. The Morgan fingerprint density at radius 1 is 1.45 bits per heavy atom. The van der Waals surface area contributed by atoms with Crippen molar-refractivity contribution in [1.29, 1.82) is 0 Å². The Morgan fingerprint density at radius 2 is 2.20 bits per heavy atom. The normalized spacial score (nSPS) is 17.9. The van der Waals surface area contributed by atoms with E-state index in [4.69, 9.17) is 4.74 Å². The number of ether oxygens (including phenoxy) is 1. The number of aromatic nitrogens is 4. The highest BCUT2D eigenvalue weighted by Gasteiger charge is 2.20. The predicted octanol–water partition coefficient (Wildman–Crippen LogP) is -0.758. The Bertz CT molecular complexity index is 404. The monoisotopic (exact) mass is 282 g/mol.